The lowest BCUT2D eigenvalue weighted by Gasteiger charge is -2.21. The van der Waals surface area contributed by atoms with Gasteiger partial charge in [-0.1, -0.05) is 24.3 Å². The third kappa shape index (κ3) is 4.57. The van der Waals surface area contributed by atoms with Gasteiger partial charge in [0.2, 0.25) is 5.84 Å². The average Bonchev–Trinajstić information content (AvgIpc) is 3.48. The molecule has 180 valence electrons. The summed E-state index contributed by atoms with van der Waals surface area (Å²) in [5.74, 6) is 1.33. The predicted molar refractivity (Wildman–Crippen MR) is 127 cm³/mol. The van der Waals surface area contributed by atoms with Crippen molar-refractivity contribution >= 4 is 35.4 Å². The highest BCUT2D eigenvalue weighted by Crippen LogP contribution is 2.48. The van der Waals surface area contributed by atoms with Crippen molar-refractivity contribution in [2.24, 2.45) is 26.8 Å². The third-order valence-electron chi connectivity index (χ3n) is 7.32. The normalized spacial score (nSPS) is 31.1. The maximum absolute atomic E-state index is 13.5. The van der Waals surface area contributed by atoms with E-state index in [9.17, 15) is 18.0 Å². The van der Waals surface area contributed by atoms with Crippen LogP contribution in [0.1, 0.15) is 49.1 Å². The number of alkyl halides is 4. The van der Waals surface area contributed by atoms with Crippen LogP contribution in [-0.2, 0) is 11.0 Å². The summed E-state index contributed by atoms with van der Waals surface area (Å²) < 4.78 is 40.4. The number of allylic oxidation sites excluding steroid dienone is 2. The summed E-state index contributed by atoms with van der Waals surface area (Å²) in [4.78, 5) is 28.4. The lowest BCUT2D eigenvalue weighted by atomic mass is 9.91. The molecule has 5 rings (SSSR count). The highest BCUT2D eigenvalue weighted by Gasteiger charge is 2.46. The number of amides is 1. The van der Waals surface area contributed by atoms with Gasteiger partial charge >= 0.3 is 6.18 Å². The van der Waals surface area contributed by atoms with Crippen LogP contribution in [-0.4, -0.2) is 53.7 Å². The second-order valence-electron chi connectivity index (χ2n) is 9.48. The van der Waals surface area contributed by atoms with Crippen molar-refractivity contribution in [2.45, 2.75) is 50.2 Å². The van der Waals surface area contributed by atoms with Crippen molar-refractivity contribution in [2.75, 3.05) is 19.0 Å². The second kappa shape index (κ2) is 9.29. The van der Waals surface area contributed by atoms with Gasteiger partial charge < -0.3 is 4.90 Å². The van der Waals surface area contributed by atoms with Crippen molar-refractivity contribution in [1.29, 1.82) is 0 Å². The number of hydrogen-bond donors (Lipinski definition) is 0. The van der Waals surface area contributed by atoms with E-state index < -0.39 is 11.7 Å². The van der Waals surface area contributed by atoms with Gasteiger partial charge in [0, 0.05) is 25.2 Å². The highest BCUT2D eigenvalue weighted by molar-refractivity contribution is 6.41. The number of aliphatic imine (C=N–C) groups is 3. The molecular weight excluding hydrogens is 465 g/mol. The van der Waals surface area contributed by atoms with E-state index in [1.54, 1.807) is 23.2 Å². The van der Waals surface area contributed by atoms with E-state index in [0.29, 0.717) is 43.2 Å². The Balaban J connectivity index is 1.24. The largest absolute Gasteiger partial charge is 0.416 e. The van der Waals surface area contributed by atoms with Crippen LogP contribution in [0.15, 0.2) is 50.9 Å². The molecule has 1 amide bonds. The Morgan fingerprint density at radius 1 is 1.15 bits per heavy atom. The van der Waals surface area contributed by atoms with E-state index in [0.717, 1.165) is 30.9 Å². The van der Waals surface area contributed by atoms with E-state index >= 15 is 0 Å². The SMILES string of the molecule is O=C(C1=NC2CC/C=C(CCCl)\C=N/C2=N1)N1C[C@H]2C[C@@H](c3ccccc3C(F)(F)F)C[C@H]2C1. The summed E-state index contributed by atoms with van der Waals surface area (Å²) in [5.41, 5.74) is 0.901. The highest BCUT2D eigenvalue weighted by atomic mass is 35.5. The predicted octanol–water partition coefficient (Wildman–Crippen LogP) is 5.26. The van der Waals surface area contributed by atoms with Crippen LogP contribution in [0.2, 0.25) is 0 Å². The quantitative estimate of drug-likeness (QED) is 0.531. The maximum atomic E-state index is 13.5. The van der Waals surface area contributed by atoms with E-state index in [-0.39, 0.29) is 35.5 Å². The minimum Gasteiger partial charge on any atom is -0.335 e. The van der Waals surface area contributed by atoms with Gasteiger partial charge in [-0.3, -0.25) is 9.79 Å². The van der Waals surface area contributed by atoms with Crippen LogP contribution in [0, 0.1) is 11.8 Å². The van der Waals surface area contributed by atoms with Crippen LogP contribution in [0.25, 0.3) is 0 Å². The fourth-order valence-corrected chi connectivity index (χ4v) is 5.92. The summed E-state index contributed by atoms with van der Waals surface area (Å²) in [6.45, 7) is 1.07. The number of likely N-dealkylation sites (tertiary alicyclic amines) is 1. The fraction of sp³-hybridized carbons (Fsp3) is 0.520. The number of carbonyl (C=O) groups is 1. The number of halogens is 4. The molecule has 4 aliphatic rings. The molecule has 0 spiro atoms. The maximum Gasteiger partial charge on any atom is 0.416 e. The molecule has 1 saturated heterocycles. The first-order valence-electron chi connectivity index (χ1n) is 11.7. The van der Waals surface area contributed by atoms with Crippen molar-refractivity contribution < 1.29 is 18.0 Å². The Hall–Kier alpha value is -2.48. The number of benzene rings is 1. The molecule has 3 aliphatic heterocycles. The lowest BCUT2D eigenvalue weighted by molar-refractivity contribution is -0.138. The van der Waals surface area contributed by atoms with Crippen LogP contribution in [0.4, 0.5) is 13.2 Å². The molecule has 9 heteroatoms. The van der Waals surface area contributed by atoms with Gasteiger partial charge in [-0.15, -0.1) is 11.6 Å². The van der Waals surface area contributed by atoms with Gasteiger partial charge in [0.1, 0.15) is 6.04 Å². The molecule has 1 aromatic carbocycles. The molecule has 0 bridgehead atoms. The van der Waals surface area contributed by atoms with Crippen LogP contribution in [0.3, 0.4) is 0 Å². The second-order valence-corrected chi connectivity index (χ2v) is 9.85. The summed E-state index contributed by atoms with van der Waals surface area (Å²) in [6.07, 6.45) is 3.12. The number of fused-ring (bicyclic) bond motifs is 2. The molecule has 34 heavy (non-hydrogen) atoms. The van der Waals surface area contributed by atoms with Gasteiger partial charge in [0.25, 0.3) is 5.91 Å². The van der Waals surface area contributed by atoms with E-state index in [1.807, 2.05) is 0 Å². The van der Waals surface area contributed by atoms with Crippen LogP contribution < -0.4 is 0 Å². The van der Waals surface area contributed by atoms with Crippen LogP contribution in [0.5, 0.6) is 0 Å². The van der Waals surface area contributed by atoms with Gasteiger partial charge in [-0.05, 0) is 67.1 Å². The van der Waals surface area contributed by atoms with E-state index in [2.05, 4.69) is 21.1 Å². The summed E-state index contributed by atoms with van der Waals surface area (Å²) in [6, 6.07) is 5.66. The molecule has 1 aliphatic carbocycles. The average molecular weight is 491 g/mol. The van der Waals surface area contributed by atoms with E-state index in [1.165, 1.54) is 6.07 Å². The Morgan fingerprint density at radius 3 is 2.59 bits per heavy atom. The first-order chi connectivity index (χ1) is 16.3. The van der Waals surface area contributed by atoms with Gasteiger partial charge in [0.05, 0.1) is 5.56 Å². The molecule has 0 N–H and O–H groups in total. The van der Waals surface area contributed by atoms with E-state index in [4.69, 9.17) is 11.6 Å². The molecule has 2 fully saturated rings. The Morgan fingerprint density at radius 2 is 1.88 bits per heavy atom. The Labute approximate surface area is 201 Å². The minimum atomic E-state index is -4.35. The van der Waals surface area contributed by atoms with Crippen LogP contribution >= 0.6 is 11.6 Å². The zero-order chi connectivity index (χ0) is 23.9. The lowest BCUT2D eigenvalue weighted by Crippen LogP contribution is -2.34. The smallest absolute Gasteiger partial charge is 0.335 e. The third-order valence-corrected chi connectivity index (χ3v) is 7.51. The van der Waals surface area contributed by atoms with Gasteiger partial charge in [-0.2, -0.15) is 13.2 Å². The number of amidine groups is 2. The van der Waals surface area contributed by atoms with Gasteiger partial charge in [-0.25, -0.2) is 9.98 Å². The number of nitrogens with zero attached hydrogens (tertiary/aromatic N) is 4. The number of hydrogen-bond acceptors (Lipinski definition) is 4. The van der Waals surface area contributed by atoms with Crippen molar-refractivity contribution in [3.63, 3.8) is 0 Å². The first-order valence-corrected chi connectivity index (χ1v) is 12.3. The molecular formula is C25H26ClF3N4O. The number of rotatable bonds is 4. The minimum absolute atomic E-state index is 0.131. The van der Waals surface area contributed by atoms with Crippen molar-refractivity contribution in [3.8, 4) is 0 Å². The van der Waals surface area contributed by atoms with Crippen molar-refractivity contribution in [3.05, 3.63) is 47.0 Å². The molecule has 1 saturated carbocycles. The molecule has 4 atom stereocenters. The standard InChI is InChI=1S/C25H26ClF3N4O/c26-9-8-15-4-3-7-21-22(30-12-15)32-23(31-21)24(34)33-13-17-10-16(11-18(17)14-33)19-5-1-2-6-20(19)25(27,28)29/h1-2,4-6,12,16-18,21H,3,7-11,13-14H2/b15-4-,30-12-/t16-,17-,18+,21?. The van der Waals surface area contributed by atoms with Crippen molar-refractivity contribution in [1.82, 2.24) is 4.90 Å². The first kappa shape index (κ1) is 23.3. The summed E-state index contributed by atoms with van der Waals surface area (Å²) in [5, 5.41) is 0. The molecule has 0 aromatic heterocycles. The topological polar surface area (TPSA) is 57.4 Å². The summed E-state index contributed by atoms with van der Waals surface area (Å²) >= 11 is 5.83. The zero-order valence-electron chi connectivity index (χ0n) is 18.6. The Bertz CT molecular complexity index is 1080. The van der Waals surface area contributed by atoms with Gasteiger partial charge in [0.15, 0.2) is 5.84 Å². The molecule has 3 heterocycles. The fourth-order valence-electron chi connectivity index (χ4n) is 5.71. The Kier molecular flexibility index (Phi) is 6.35. The molecule has 1 aromatic rings. The number of carbonyl (C=O) groups excluding carboxylic acids is 1. The monoisotopic (exact) mass is 490 g/mol. The zero-order valence-corrected chi connectivity index (χ0v) is 19.4. The summed E-state index contributed by atoms with van der Waals surface area (Å²) in [7, 11) is 0. The molecule has 0 radical (unpaired) electrons. The molecule has 5 nitrogen and oxygen atoms in total. The molecule has 1 unspecified atom stereocenters.